The first-order valence-corrected chi connectivity index (χ1v) is 12.4. The Morgan fingerprint density at radius 1 is 1.10 bits per heavy atom. The number of hydrogen-bond acceptors (Lipinski definition) is 8. The zero-order valence-electron chi connectivity index (χ0n) is 15.9. The van der Waals surface area contributed by atoms with E-state index in [1.165, 1.54) is 17.8 Å². The molecule has 4 aromatic rings. The van der Waals surface area contributed by atoms with Gasteiger partial charge in [0.2, 0.25) is 5.89 Å². The summed E-state index contributed by atoms with van der Waals surface area (Å²) in [6.07, 6.45) is 1.10. The van der Waals surface area contributed by atoms with Crippen molar-refractivity contribution in [2.45, 2.75) is 23.8 Å². The quantitative estimate of drug-likeness (QED) is 0.262. The fourth-order valence-electron chi connectivity index (χ4n) is 3.93. The average Bonchev–Trinajstić information content (AvgIpc) is 3.31. The van der Waals surface area contributed by atoms with E-state index < -0.39 is 15.5 Å². The Kier molecular flexibility index (Phi) is 4.86. The van der Waals surface area contributed by atoms with Crippen LogP contribution in [0.3, 0.4) is 0 Å². The van der Waals surface area contributed by atoms with Gasteiger partial charge in [-0.25, -0.2) is 13.2 Å². The smallest absolute Gasteiger partial charge is 0.336 e. The monoisotopic (exact) mass is 442 g/mol. The number of fused-ring (bicyclic) bond motifs is 3. The summed E-state index contributed by atoms with van der Waals surface area (Å²) >= 11 is 1.35. The van der Waals surface area contributed by atoms with E-state index in [0.717, 1.165) is 21.7 Å². The number of hydrogen-bond donors (Lipinski definition) is 0. The molecule has 2 aromatic heterocycles. The largest absolute Gasteiger partial charge is 0.423 e. The molecular formula is C21H18N2O5S2. The minimum atomic E-state index is -2.93. The van der Waals surface area contributed by atoms with Gasteiger partial charge in [0.05, 0.1) is 11.5 Å². The molecule has 0 saturated carbocycles. The van der Waals surface area contributed by atoms with Crippen molar-refractivity contribution in [3.8, 4) is 0 Å². The van der Waals surface area contributed by atoms with Crippen LogP contribution in [0.1, 0.15) is 17.9 Å². The summed E-state index contributed by atoms with van der Waals surface area (Å²) in [5.41, 5.74) is 0.984. The lowest BCUT2D eigenvalue weighted by molar-refractivity contribution is 0.389. The van der Waals surface area contributed by atoms with Crippen molar-refractivity contribution in [2.24, 2.45) is 5.92 Å². The van der Waals surface area contributed by atoms with Gasteiger partial charge in [-0.3, -0.25) is 0 Å². The number of aromatic nitrogens is 2. The standard InChI is InChI=1S/C21H18N2O5S2/c24-19-10-15(20-16-4-2-1-3-14(16)5-6-17(20)27-19)11-29-21-23-22-18(28-21)9-13-7-8-30(25,26)12-13/h1-6,10,13H,7-9,11-12H2. The van der Waals surface area contributed by atoms with Crippen LogP contribution < -0.4 is 5.63 Å². The first-order chi connectivity index (χ1) is 14.5. The first kappa shape index (κ1) is 19.3. The third kappa shape index (κ3) is 3.87. The van der Waals surface area contributed by atoms with Gasteiger partial charge in [0.15, 0.2) is 9.84 Å². The minimum absolute atomic E-state index is 0.0300. The molecule has 7 nitrogen and oxygen atoms in total. The lowest BCUT2D eigenvalue weighted by Crippen LogP contribution is -2.07. The Morgan fingerprint density at radius 3 is 2.80 bits per heavy atom. The molecule has 0 N–H and O–H groups in total. The van der Waals surface area contributed by atoms with Crippen LogP contribution in [-0.4, -0.2) is 30.1 Å². The number of nitrogens with zero attached hydrogens (tertiary/aromatic N) is 2. The van der Waals surface area contributed by atoms with Gasteiger partial charge in [-0.15, -0.1) is 10.2 Å². The molecule has 9 heteroatoms. The van der Waals surface area contributed by atoms with E-state index in [9.17, 15) is 13.2 Å². The van der Waals surface area contributed by atoms with Crippen molar-refractivity contribution in [1.29, 1.82) is 0 Å². The van der Waals surface area contributed by atoms with Gasteiger partial charge in [-0.05, 0) is 34.7 Å². The highest BCUT2D eigenvalue weighted by Crippen LogP contribution is 2.31. The van der Waals surface area contributed by atoms with E-state index in [1.54, 1.807) is 0 Å². The molecule has 1 aliphatic heterocycles. The fourth-order valence-corrected chi connectivity index (χ4v) is 6.55. The molecular weight excluding hydrogens is 424 g/mol. The molecule has 1 aliphatic rings. The second-order valence-electron chi connectivity index (χ2n) is 7.47. The molecule has 3 heterocycles. The molecule has 0 aliphatic carbocycles. The summed E-state index contributed by atoms with van der Waals surface area (Å²) in [5, 5.41) is 11.5. The van der Waals surface area contributed by atoms with E-state index in [4.69, 9.17) is 8.83 Å². The Balaban J connectivity index is 1.39. The summed E-state index contributed by atoms with van der Waals surface area (Å²) in [7, 11) is -2.93. The molecule has 154 valence electrons. The van der Waals surface area contributed by atoms with Gasteiger partial charge in [0.25, 0.3) is 5.22 Å². The molecule has 0 radical (unpaired) electrons. The van der Waals surface area contributed by atoms with E-state index >= 15 is 0 Å². The fraction of sp³-hybridized carbons (Fsp3) is 0.286. The zero-order valence-corrected chi connectivity index (χ0v) is 17.5. The van der Waals surface area contributed by atoms with Crippen molar-refractivity contribution in [3.63, 3.8) is 0 Å². The summed E-state index contributed by atoms with van der Waals surface area (Å²) in [6.45, 7) is 0. The Labute approximate surface area is 176 Å². The molecule has 1 saturated heterocycles. The van der Waals surface area contributed by atoms with Crippen molar-refractivity contribution in [1.82, 2.24) is 10.2 Å². The topological polar surface area (TPSA) is 103 Å². The van der Waals surface area contributed by atoms with Crippen LogP contribution in [0.15, 0.2) is 61.3 Å². The third-order valence-corrected chi connectivity index (χ3v) is 8.01. The van der Waals surface area contributed by atoms with E-state index in [1.807, 2.05) is 36.4 Å². The van der Waals surface area contributed by atoms with Crippen LogP contribution in [0.5, 0.6) is 0 Å². The molecule has 0 spiro atoms. The maximum Gasteiger partial charge on any atom is 0.336 e. The second-order valence-corrected chi connectivity index (χ2v) is 10.6. The Morgan fingerprint density at radius 2 is 1.97 bits per heavy atom. The van der Waals surface area contributed by atoms with Gasteiger partial charge in [0.1, 0.15) is 5.58 Å². The van der Waals surface area contributed by atoms with Crippen molar-refractivity contribution >= 4 is 43.3 Å². The maximum atomic E-state index is 12.0. The van der Waals surface area contributed by atoms with Crippen molar-refractivity contribution in [2.75, 3.05) is 11.5 Å². The second kappa shape index (κ2) is 7.55. The molecule has 1 atom stereocenters. The van der Waals surface area contributed by atoms with Crippen molar-refractivity contribution in [3.05, 3.63) is 64.3 Å². The van der Waals surface area contributed by atoms with Crippen LogP contribution in [-0.2, 0) is 22.0 Å². The number of rotatable bonds is 5. The summed E-state index contributed by atoms with van der Waals surface area (Å²) in [5.74, 6) is 1.35. The zero-order chi connectivity index (χ0) is 20.7. The van der Waals surface area contributed by atoms with Gasteiger partial charge in [-0.2, -0.15) is 0 Å². The highest BCUT2D eigenvalue weighted by molar-refractivity contribution is 7.98. The predicted molar refractivity (Wildman–Crippen MR) is 114 cm³/mol. The Hall–Kier alpha value is -2.65. The van der Waals surface area contributed by atoms with Crippen LogP contribution >= 0.6 is 11.8 Å². The summed E-state index contributed by atoms with van der Waals surface area (Å²) in [6, 6.07) is 13.2. The molecule has 0 amide bonds. The summed E-state index contributed by atoms with van der Waals surface area (Å²) < 4.78 is 34.3. The maximum absolute atomic E-state index is 12.0. The van der Waals surface area contributed by atoms with Gasteiger partial charge in [0, 0.05) is 23.6 Å². The highest BCUT2D eigenvalue weighted by atomic mass is 32.2. The van der Waals surface area contributed by atoms with Gasteiger partial charge < -0.3 is 8.83 Å². The molecule has 1 fully saturated rings. The SMILES string of the molecule is O=c1cc(CSc2nnc(CC3CCS(=O)(=O)C3)o2)c2c(ccc3ccccc32)o1. The number of benzene rings is 2. The van der Waals surface area contributed by atoms with Gasteiger partial charge >= 0.3 is 5.63 Å². The molecule has 5 rings (SSSR count). The Bertz CT molecular complexity index is 1410. The summed E-state index contributed by atoms with van der Waals surface area (Å²) in [4.78, 5) is 12.0. The van der Waals surface area contributed by atoms with Crippen LogP contribution in [0.25, 0.3) is 21.7 Å². The number of sulfone groups is 1. The first-order valence-electron chi connectivity index (χ1n) is 9.57. The van der Waals surface area contributed by atoms with E-state index in [0.29, 0.717) is 35.3 Å². The van der Waals surface area contributed by atoms with Crippen molar-refractivity contribution < 1.29 is 17.3 Å². The molecule has 0 bridgehead atoms. The average molecular weight is 443 g/mol. The normalized spacial score (nSPS) is 18.3. The lowest BCUT2D eigenvalue weighted by atomic mass is 10.0. The lowest BCUT2D eigenvalue weighted by Gasteiger charge is -2.07. The van der Waals surface area contributed by atoms with Crippen LogP contribution in [0.2, 0.25) is 0 Å². The van der Waals surface area contributed by atoms with Crippen LogP contribution in [0.4, 0.5) is 0 Å². The molecule has 1 unspecified atom stereocenters. The number of thioether (sulfide) groups is 1. The van der Waals surface area contributed by atoms with Gasteiger partial charge in [-0.1, -0.05) is 42.1 Å². The predicted octanol–water partition coefficient (Wildman–Crippen LogP) is 3.60. The minimum Gasteiger partial charge on any atom is -0.423 e. The third-order valence-electron chi connectivity index (χ3n) is 5.30. The van der Waals surface area contributed by atoms with Crippen LogP contribution in [0, 0.1) is 5.92 Å². The molecule has 30 heavy (non-hydrogen) atoms. The molecule has 2 aromatic carbocycles. The van der Waals surface area contributed by atoms with E-state index in [-0.39, 0.29) is 17.4 Å². The highest BCUT2D eigenvalue weighted by Gasteiger charge is 2.29. The van der Waals surface area contributed by atoms with E-state index in [2.05, 4.69) is 10.2 Å².